The molecule has 0 amide bonds. The fourth-order valence-corrected chi connectivity index (χ4v) is 2.74. The van der Waals surface area contributed by atoms with Gasteiger partial charge >= 0.3 is 0 Å². The Morgan fingerprint density at radius 3 is 2.64 bits per heavy atom. The molecule has 7 heteroatoms. The van der Waals surface area contributed by atoms with Crippen LogP contribution in [0.4, 0.5) is 5.69 Å². The second-order valence-electron chi connectivity index (χ2n) is 5.69. The Kier molecular flexibility index (Phi) is 4.95. The Morgan fingerprint density at radius 2 is 2.00 bits per heavy atom. The zero-order chi connectivity index (χ0) is 17.8. The molecule has 1 aromatic carbocycles. The Labute approximate surface area is 145 Å². The predicted octanol–water partition coefficient (Wildman–Crippen LogP) is 3.20. The third-order valence-electron chi connectivity index (χ3n) is 3.87. The topological polar surface area (TPSA) is 95.7 Å². The molecule has 2 heterocycles. The summed E-state index contributed by atoms with van der Waals surface area (Å²) >= 11 is 0. The Morgan fingerprint density at radius 1 is 1.24 bits per heavy atom. The first-order valence-electron chi connectivity index (χ1n) is 8.22. The second kappa shape index (κ2) is 7.31. The molecule has 0 radical (unpaired) electrons. The third kappa shape index (κ3) is 3.46. The molecule has 0 saturated heterocycles. The number of benzene rings is 1. The summed E-state index contributed by atoms with van der Waals surface area (Å²) in [6.07, 6.45) is 3.04. The maximum atomic E-state index is 11.1. The van der Waals surface area contributed by atoms with Crippen molar-refractivity contribution in [1.82, 2.24) is 9.38 Å². The number of hydrogen-bond donors (Lipinski definition) is 1. The van der Waals surface area contributed by atoms with Crippen molar-refractivity contribution in [3.05, 3.63) is 58.4 Å². The van der Waals surface area contributed by atoms with Gasteiger partial charge in [-0.15, -0.1) is 0 Å². The van der Waals surface area contributed by atoms with Gasteiger partial charge in [0.2, 0.25) is 0 Å². The summed E-state index contributed by atoms with van der Waals surface area (Å²) < 4.78 is 7.37. The molecule has 0 spiro atoms. The summed E-state index contributed by atoms with van der Waals surface area (Å²) in [6, 6.07) is 10.8. The lowest BCUT2D eigenvalue weighted by Crippen LogP contribution is -2.04. The number of imidazole rings is 1. The van der Waals surface area contributed by atoms with Crippen LogP contribution in [-0.4, -0.2) is 27.5 Å². The van der Waals surface area contributed by atoms with Crippen LogP contribution in [0.15, 0.2) is 42.6 Å². The fraction of sp³-hybridized carbons (Fsp3) is 0.278. The van der Waals surface area contributed by atoms with Crippen LogP contribution in [0.1, 0.15) is 19.0 Å². The van der Waals surface area contributed by atoms with Gasteiger partial charge in [-0.3, -0.25) is 14.5 Å². The molecule has 0 saturated carbocycles. The predicted molar refractivity (Wildman–Crippen MR) is 95.8 cm³/mol. The maximum Gasteiger partial charge on any atom is 0.286 e. The van der Waals surface area contributed by atoms with E-state index >= 15 is 0 Å². The minimum Gasteiger partial charge on any atom is -0.494 e. The van der Waals surface area contributed by atoms with E-state index in [-0.39, 0.29) is 5.69 Å². The number of ether oxygens (including phenoxy) is 1. The molecule has 0 aliphatic heterocycles. The molecular weight excluding hydrogens is 320 g/mol. The van der Waals surface area contributed by atoms with Gasteiger partial charge in [-0.1, -0.05) is 6.92 Å². The molecular formula is C18H20N4O3. The van der Waals surface area contributed by atoms with E-state index in [1.54, 1.807) is 10.5 Å². The van der Waals surface area contributed by atoms with Crippen molar-refractivity contribution < 1.29 is 9.66 Å². The third-order valence-corrected chi connectivity index (χ3v) is 3.87. The van der Waals surface area contributed by atoms with Crippen LogP contribution < -0.4 is 10.5 Å². The number of rotatable bonds is 7. The Hall–Kier alpha value is -2.93. The molecule has 0 fully saturated rings. The van der Waals surface area contributed by atoms with Gasteiger partial charge in [0.05, 0.1) is 29.1 Å². The lowest BCUT2D eigenvalue weighted by Gasteiger charge is -2.08. The molecule has 2 aromatic heterocycles. The normalized spacial score (nSPS) is 11.0. The Bertz CT molecular complexity index is 887. The van der Waals surface area contributed by atoms with Crippen molar-refractivity contribution in [2.75, 3.05) is 13.2 Å². The van der Waals surface area contributed by atoms with Crippen molar-refractivity contribution in [3.8, 4) is 17.0 Å². The zero-order valence-electron chi connectivity index (χ0n) is 14.0. The maximum absolute atomic E-state index is 11.1. The number of nitro groups is 1. The average molecular weight is 340 g/mol. The summed E-state index contributed by atoms with van der Waals surface area (Å²) in [5.41, 5.74) is 8.96. The smallest absolute Gasteiger partial charge is 0.286 e. The summed E-state index contributed by atoms with van der Waals surface area (Å²) in [5, 5.41) is 11.1. The average Bonchev–Trinajstić information content (AvgIpc) is 2.97. The lowest BCUT2D eigenvalue weighted by molar-refractivity contribution is -0.385. The molecule has 3 rings (SSSR count). The summed E-state index contributed by atoms with van der Waals surface area (Å²) in [6.45, 7) is 3.18. The summed E-state index contributed by atoms with van der Waals surface area (Å²) in [5.74, 6) is 0.797. The quantitative estimate of drug-likeness (QED) is 0.526. The van der Waals surface area contributed by atoms with E-state index in [0.717, 1.165) is 29.1 Å². The molecule has 0 aliphatic carbocycles. The first kappa shape index (κ1) is 16.9. The Balaban J connectivity index is 2.09. The first-order valence-corrected chi connectivity index (χ1v) is 8.22. The highest BCUT2D eigenvalue weighted by Gasteiger charge is 2.16. The van der Waals surface area contributed by atoms with Crippen LogP contribution in [0, 0.1) is 10.1 Å². The summed E-state index contributed by atoms with van der Waals surface area (Å²) in [4.78, 5) is 15.3. The van der Waals surface area contributed by atoms with E-state index in [4.69, 9.17) is 10.5 Å². The van der Waals surface area contributed by atoms with Gasteiger partial charge in [0.25, 0.3) is 5.69 Å². The lowest BCUT2D eigenvalue weighted by atomic mass is 10.1. The van der Waals surface area contributed by atoms with Gasteiger partial charge in [0.1, 0.15) is 11.4 Å². The first-order chi connectivity index (χ1) is 12.1. The van der Waals surface area contributed by atoms with Gasteiger partial charge in [-0.2, -0.15) is 0 Å². The van der Waals surface area contributed by atoms with E-state index in [2.05, 4.69) is 11.9 Å². The van der Waals surface area contributed by atoms with Crippen LogP contribution in [0.5, 0.6) is 5.75 Å². The van der Waals surface area contributed by atoms with Gasteiger partial charge in [0.15, 0.2) is 0 Å². The molecule has 2 N–H and O–H groups in total. The molecule has 0 atom stereocenters. The van der Waals surface area contributed by atoms with Crippen LogP contribution in [0.3, 0.4) is 0 Å². The number of nitrogens with two attached hydrogens (primary N) is 1. The van der Waals surface area contributed by atoms with E-state index in [1.165, 1.54) is 12.3 Å². The van der Waals surface area contributed by atoms with E-state index < -0.39 is 4.92 Å². The largest absolute Gasteiger partial charge is 0.494 e. The zero-order valence-corrected chi connectivity index (χ0v) is 14.0. The highest BCUT2D eigenvalue weighted by atomic mass is 16.6. The van der Waals surface area contributed by atoms with Gasteiger partial charge in [0, 0.05) is 18.1 Å². The number of nitrogens with zero attached hydrogens (tertiary/aromatic N) is 3. The van der Waals surface area contributed by atoms with Crippen molar-refractivity contribution in [2.45, 2.75) is 19.8 Å². The molecule has 25 heavy (non-hydrogen) atoms. The van der Waals surface area contributed by atoms with Crippen molar-refractivity contribution in [2.24, 2.45) is 5.73 Å². The second-order valence-corrected chi connectivity index (χ2v) is 5.69. The molecule has 0 bridgehead atoms. The summed E-state index contributed by atoms with van der Waals surface area (Å²) in [7, 11) is 0. The van der Waals surface area contributed by atoms with Crippen molar-refractivity contribution in [3.63, 3.8) is 0 Å². The van der Waals surface area contributed by atoms with E-state index in [9.17, 15) is 10.1 Å². The molecule has 7 nitrogen and oxygen atoms in total. The van der Waals surface area contributed by atoms with Gasteiger partial charge < -0.3 is 10.5 Å². The van der Waals surface area contributed by atoms with Gasteiger partial charge in [-0.25, -0.2) is 4.98 Å². The van der Waals surface area contributed by atoms with E-state index in [1.807, 2.05) is 24.3 Å². The standard InChI is InChI=1S/C18H20N4O3/c1-2-11-25-15-6-3-13(4-7-15)18-16(9-10-19)20-17-8-5-14(22(23)24)12-21(17)18/h3-8,12H,2,9-11,19H2,1H3. The molecule has 130 valence electrons. The highest BCUT2D eigenvalue weighted by Crippen LogP contribution is 2.29. The van der Waals surface area contributed by atoms with Crippen molar-refractivity contribution >= 4 is 11.3 Å². The van der Waals surface area contributed by atoms with Crippen molar-refractivity contribution in [1.29, 1.82) is 0 Å². The minimum atomic E-state index is -0.409. The number of aromatic nitrogens is 2. The van der Waals surface area contributed by atoms with Crippen LogP contribution in [-0.2, 0) is 6.42 Å². The monoisotopic (exact) mass is 340 g/mol. The molecule has 0 aliphatic rings. The molecule has 3 aromatic rings. The van der Waals surface area contributed by atoms with E-state index in [0.29, 0.717) is 25.2 Å². The van der Waals surface area contributed by atoms with Gasteiger partial charge in [-0.05, 0) is 43.3 Å². The van der Waals surface area contributed by atoms with Crippen LogP contribution in [0.25, 0.3) is 16.9 Å². The highest BCUT2D eigenvalue weighted by molar-refractivity contribution is 5.68. The number of fused-ring (bicyclic) bond motifs is 1. The number of pyridine rings is 1. The number of hydrogen-bond acceptors (Lipinski definition) is 5. The minimum absolute atomic E-state index is 0.0216. The fourth-order valence-electron chi connectivity index (χ4n) is 2.74. The SMILES string of the molecule is CCCOc1ccc(-c2c(CCN)nc3ccc([N+](=O)[O-])cn23)cc1. The molecule has 0 unspecified atom stereocenters. The van der Waals surface area contributed by atoms with Crippen LogP contribution >= 0.6 is 0 Å². The van der Waals surface area contributed by atoms with Crippen LogP contribution in [0.2, 0.25) is 0 Å².